The van der Waals surface area contributed by atoms with Gasteiger partial charge in [0.05, 0.1) is 0 Å². The summed E-state index contributed by atoms with van der Waals surface area (Å²) in [5, 5.41) is -0.208. The van der Waals surface area contributed by atoms with Crippen LogP contribution < -0.4 is 0 Å². The van der Waals surface area contributed by atoms with Crippen LogP contribution >= 0.6 is 21.6 Å². The molecule has 0 fully saturated rings. The molecule has 2 nitrogen and oxygen atoms in total. The van der Waals surface area contributed by atoms with Crippen LogP contribution in [0.3, 0.4) is 0 Å². The van der Waals surface area contributed by atoms with Crippen LogP contribution in [-0.2, 0) is 0 Å². The zero-order valence-electron chi connectivity index (χ0n) is 10.3. The van der Waals surface area contributed by atoms with Crippen LogP contribution in [0, 0.1) is 6.92 Å². The molecule has 0 aliphatic heterocycles. The molecule has 0 amide bonds. The van der Waals surface area contributed by atoms with Crippen LogP contribution in [-0.4, -0.2) is 10.2 Å². The van der Waals surface area contributed by atoms with Crippen molar-refractivity contribution in [3.8, 4) is 0 Å². The Morgan fingerprint density at radius 2 is 1.21 bits per heavy atom. The van der Waals surface area contributed by atoms with E-state index >= 15 is 0 Å². The molecule has 0 unspecified atom stereocenters. The van der Waals surface area contributed by atoms with Gasteiger partial charge in [-0.1, -0.05) is 60.2 Å². The van der Waals surface area contributed by atoms with Crippen LogP contribution in [0.15, 0.2) is 54.6 Å². The first-order chi connectivity index (χ1) is 9.16. The van der Waals surface area contributed by atoms with Crippen LogP contribution in [0.25, 0.3) is 0 Å². The molecule has 2 rings (SSSR count). The fourth-order valence-electron chi connectivity index (χ4n) is 1.44. The molecule has 96 valence electrons. The maximum absolute atomic E-state index is 11.9. The first kappa shape index (κ1) is 13.9. The average molecular weight is 288 g/mol. The fourth-order valence-corrected chi connectivity index (χ4v) is 3.08. The number of hydrogen-bond acceptors (Lipinski definition) is 4. The van der Waals surface area contributed by atoms with Crippen molar-refractivity contribution in [2.45, 2.75) is 6.92 Å². The summed E-state index contributed by atoms with van der Waals surface area (Å²) in [5.74, 6) is 0. The van der Waals surface area contributed by atoms with Gasteiger partial charge in [-0.3, -0.25) is 9.59 Å². The van der Waals surface area contributed by atoms with Crippen LogP contribution in [0.4, 0.5) is 0 Å². The van der Waals surface area contributed by atoms with E-state index in [4.69, 9.17) is 0 Å². The minimum absolute atomic E-state index is 0.103. The lowest BCUT2D eigenvalue weighted by Crippen LogP contribution is -1.94. The van der Waals surface area contributed by atoms with Crippen LogP contribution in [0.2, 0.25) is 0 Å². The fraction of sp³-hybridized carbons (Fsp3) is 0.0667. The Balaban J connectivity index is 1.94. The van der Waals surface area contributed by atoms with E-state index in [0.29, 0.717) is 11.1 Å². The molecule has 0 aromatic heterocycles. The molecular weight excluding hydrogens is 276 g/mol. The highest BCUT2D eigenvalue weighted by Gasteiger charge is 2.12. The molecule has 19 heavy (non-hydrogen) atoms. The standard InChI is InChI=1S/C15H12O2S2/c1-11-7-9-13(10-8-11)15(17)19-18-14(16)12-5-3-2-4-6-12/h2-10H,1H3. The van der Waals surface area contributed by atoms with E-state index in [9.17, 15) is 9.59 Å². The number of aryl methyl sites for hydroxylation is 1. The zero-order chi connectivity index (χ0) is 13.7. The highest BCUT2D eigenvalue weighted by atomic mass is 33.1. The summed E-state index contributed by atoms with van der Waals surface area (Å²) in [6.07, 6.45) is 0. The van der Waals surface area contributed by atoms with Gasteiger partial charge in [-0.05, 0) is 28.5 Å². The topological polar surface area (TPSA) is 34.1 Å². The molecule has 4 heteroatoms. The van der Waals surface area contributed by atoms with Crippen molar-refractivity contribution >= 4 is 31.8 Å². The molecule has 0 aliphatic carbocycles. The monoisotopic (exact) mass is 288 g/mol. The first-order valence-electron chi connectivity index (χ1n) is 5.72. The lowest BCUT2D eigenvalue weighted by molar-refractivity contribution is 0.107. The zero-order valence-corrected chi connectivity index (χ0v) is 12.0. The second-order valence-corrected chi connectivity index (χ2v) is 6.05. The highest BCUT2D eigenvalue weighted by Crippen LogP contribution is 2.29. The van der Waals surface area contributed by atoms with Crippen molar-refractivity contribution in [1.82, 2.24) is 0 Å². The molecule has 2 aromatic rings. The molecule has 0 heterocycles. The van der Waals surface area contributed by atoms with E-state index in [1.165, 1.54) is 0 Å². The van der Waals surface area contributed by atoms with Gasteiger partial charge in [-0.25, -0.2) is 0 Å². The van der Waals surface area contributed by atoms with Crippen molar-refractivity contribution < 1.29 is 9.59 Å². The van der Waals surface area contributed by atoms with Gasteiger partial charge >= 0.3 is 0 Å². The van der Waals surface area contributed by atoms with Gasteiger partial charge in [-0.15, -0.1) is 0 Å². The van der Waals surface area contributed by atoms with Gasteiger partial charge in [0.15, 0.2) is 0 Å². The largest absolute Gasteiger partial charge is 0.281 e. The Kier molecular flexibility index (Phi) is 4.82. The predicted molar refractivity (Wildman–Crippen MR) is 81.5 cm³/mol. The smallest absolute Gasteiger partial charge is 0.230 e. The van der Waals surface area contributed by atoms with Gasteiger partial charge < -0.3 is 0 Å². The number of benzene rings is 2. The van der Waals surface area contributed by atoms with Crippen LogP contribution in [0.5, 0.6) is 0 Å². The summed E-state index contributed by atoms with van der Waals surface area (Å²) < 4.78 is 0. The van der Waals surface area contributed by atoms with Crippen molar-refractivity contribution in [1.29, 1.82) is 0 Å². The number of rotatable bonds is 2. The lowest BCUT2D eigenvalue weighted by atomic mass is 10.2. The molecule has 0 N–H and O–H groups in total. The number of hydrogen-bond donors (Lipinski definition) is 0. The first-order valence-corrected chi connectivity index (χ1v) is 7.87. The molecule has 0 saturated heterocycles. The maximum atomic E-state index is 11.9. The van der Waals surface area contributed by atoms with Gasteiger partial charge in [0.1, 0.15) is 0 Å². The highest BCUT2D eigenvalue weighted by molar-refractivity contribution is 8.87. The summed E-state index contributed by atoms with van der Waals surface area (Å²) in [4.78, 5) is 23.7. The van der Waals surface area contributed by atoms with E-state index in [1.807, 2.05) is 25.1 Å². The molecular formula is C15H12O2S2. The summed E-state index contributed by atoms with van der Waals surface area (Å²) in [6.45, 7) is 1.97. The predicted octanol–water partition coefficient (Wildman–Crippen LogP) is 4.36. The minimum Gasteiger partial charge on any atom is -0.281 e. The number of carbonyl (C=O) groups excluding carboxylic acids is 2. The Morgan fingerprint density at radius 3 is 1.74 bits per heavy atom. The third-order valence-corrected chi connectivity index (χ3v) is 4.51. The average Bonchev–Trinajstić information content (AvgIpc) is 2.46. The number of carbonyl (C=O) groups is 2. The Morgan fingerprint density at radius 1 is 0.737 bits per heavy atom. The van der Waals surface area contributed by atoms with E-state index in [1.54, 1.807) is 36.4 Å². The van der Waals surface area contributed by atoms with E-state index in [0.717, 1.165) is 27.2 Å². The second kappa shape index (κ2) is 6.59. The Labute approximate surface area is 120 Å². The Bertz CT molecular complexity index is 577. The van der Waals surface area contributed by atoms with Crippen molar-refractivity contribution in [3.63, 3.8) is 0 Å². The molecule has 0 aliphatic rings. The minimum atomic E-state index is -0.105. The van der Waals surface area contributed by atoms with Crippen molar-refractivity contribution in [2.24, 2.45) is 0 Å². The summed E-state index contributed by atoms with van der Waals surface area (Å²) in [7, 11) is 1.93. The van der Waals surface area contributed by atoms with E-state index in [2.05, 4.69) is 0 Å². The van der Waals surface area contributed by atoms with Gasteiger partial charge in [0.25, 0.3) is 0 Å². The summed E-state index contributed by atoms with van der Waals surface area (Å²) in [5.41, 5.74) is 2.33. The van der Waals surface area contributed by atoms with Crippen molar-refractivity contribution in [3.05, 3.63) is 71.3 Å². The van der Waals surface area contributed by atoms with Crippen LogP contribution in [0.1, 0.15) is 26.3 Å². The molecule has 0 saturated carbocycles. The maximum Gasteiger partial charge on any atom is 0.230 e. The summed E-state index contributed by atoms with van der Waals surface area (Å²) >= 11 is 0. The lowest BCUT2D eigenvalue weighted by Gasteiger charge is -2.01. The molecule has 0 bridgehead atoms. The molecule has 0 radical (unpaired) electrons. The second-order valence-electron chi connectivity index (χ2n) is 3.97. The molecule has 0 spiro atoms. The van der Waals surface area contributed by atoms with Gasteiger partial charge in [0.2, 0.25) is 10.2 Å². The molecule has 2 aromatic carbocycles. The van der Waals surface area contributed by atoms with Gasteiger partial charge in [0, 0.05) is 11.1 Å². The third kappa shape index (κ3) is 3.98. The third-order valence-electron chi connectivity index (χ3n) is 2.49. The van der Waals surface area contributed by atoms with Gasteiger partial charge in [-0.2, -0.15) is 0 Å². The summed E-state index contributed by atoms with van der Waals surface area (Å²) in [6, 6.07) is 16.3. The normalized spacial score (nSPS) is 10.2. The molecule has 0 atom stereocenters. The van der Waals surface area contributed by atoms with E-state index in [-0.39, 0.29) is 10.2 Å². The Hall–Kier alpha value is -1.52. The SMILES string of the molecule is Cc1ccc(C(=O)SSC(=O)c2ccccc2)cc1. The quantitative estimate of drug-likeness (QED) is 0.769. The van der Waals surface area contributed by atoms with E-state index < -0.39 is 0 Å². The van der Waals surface area contributed by atoms with Crippen molar-refractivity contribution in [2.75, 3.05) is 0 Å².